The van der Waals surface area contributed by atoms with Crippen LogP contribution in [0.3, 0.4) is 0 Å². The van der Waals surface area contributed by atoms with E-state index < -0.39 is 5.60 Å². The summed E-state index contributed by atoms with van der Waals surface area (Å²) in [5.41, 5.74) is 1.19. The minimum atomic E-state index is -1.21. The molecule has 2 aromatic carbocycles. The molecule has 0 saturated carbocycles. The molecule has 2 aromatic rings. The lowest BCUT2D eigenvalue weighted by atomic mass is 9.92. The van der Waals surface area contributed by atoms with Gasteiger partial charge >= 0.3 is 0 Å². The van der Waals surface area contributed by atoms with Crippen LogP contribution in [0.1, 0.15) is 37.5 Å². The number of carbonyl (C=O) groups excluding carboxylic acids is 1. The lowest BCUT2D eigenvalue weighted by molar-refractivity contribution is -0.120. The molecule has 0 spiro atoms. The molecular formula is C19H23NO3. The number of aliphatic hydroxyl groups is 1. The number of ether oxygens (including phenoxy) is 1. The Hall–Kier alpha value is -2.17. The Morgan fingerprint density at radius 1 is 1.22 bits per heavy atom. The summed E-state index contributed by atoms with van der Waals surface area (Å²) in [7, 11) is 1.65. The molecule has 0 radical (unpaired) electrons. The minimum Gasteiger partial charge on any atom is -0.385 e. The molecule has 0 fully saturated rings. The van der Waals surface area contributed by atoms with Gasteiger partial charge in [-0.3, -0.25) is 4.79 Å². The van der Waals surface area contributed by atoms with Gasteiger partial charge in [0.05, 0.1) is 18.1 Å². The number of amides is 1. The molecule has 2 rings (SSSR count). The molecule has 4 heteroatoms. The molecule has 1 amide bonds. The van der Waals surface area contributed by atoms with Crippen LogP contribution in [-0.2, 0) is 15.1 Å². The Labute approximate surface area is 137 Å². The molecule has 0 aromatic heterocycles. The van der Waals surface area contributed by atoms with Crippen molar-refractivity contribution in [1.82, 2.24) is 0 Å². The van der Waals surface area contributed by atoms with Crippen LogP contribution in [0.25, 0.3) is 0 Å². The number of nitrogens with one attached hydrogen (secondary N) is 1. The lowest BCUT2D eigenvalue weighted by Gasteiger charge is -2.23. The predicted molar refractivity (Wildman–Crippen MR) is 91.1 cm³/mol. The van der Waals surface area contributed by atoms with Gasteiger partial charge in [-0.1, -0.05) is 42.5 Å². The van der Waals surface area contributed by atoms with Crippen LogP contribution in [0.15, 0.2) is 54.6 Å². The van der Waals surface area contributed by atoms with Crippen LogP contribution < -0.4 is 5.32 Å². The zero-order valence-electron chi connectivity index (χ0n) is 13.7. The molecule has 2 atom stereocenters. The summed E-state index contributed by atoms with van der Waals surface area (Å²) in [4.78, 5) is 12.2. The Balaban J connectivity index is 2.05. The lowest BCUT2D eigenvalue weighted by Crippen LogP contribution is -2.28. The topological polar surface area (TPSA) is 58.6 Å². The quantitative estimate of drug-likeness (QED) is 0.856. The Bertz CT molecular complexity index is 653. The van der Waals surface area contributed by atoms with Crippen molar-refractivity contribution < 1.29 is 14.6 Å². The number of methoxy groups -OCH3 is 1. The smallest absolute Gasteiger partial charge is 0.227 e. The highest BCUT2D eigenvalue weighted by molar-refractivity contribution is 5.91. The second kappa shape index (κ2) is 7.40. The predicted octanol–water partition coefficient (Wildman–Crippen LogP) is 3.63. The molecule has 2 unspecified atom stereocenters. The summed E-state index contributed by atoms with van der Waals surface area (Å²) in [6.07, 6.45) is -0.0552. The molecule has 122 valence electrons. The molecule has 23 heavy (non-hydrogen) atoms. The van der Waals surface area contributed by atoms with Crippen molar-refractivity contribution in [2.75, 3.05) is 12.4 Å². The number of rotatable bonds is 6. The zero-order chi connectivity index (χ0) is 16.9. The fourth-order valence-electron chi connectivity index (χ4n) is 2.42. The first-order chi connectivity index (χ1) is 10.9. The van der Waals surface area contributed by atoms with Crippen LogP contribution in [-0.4, -0.2) is 18.1 Å². The number of hydrogen-bond acceptors (Lipinski definition) is 3. The average molecular weight is 313 g/mol. The summed E-state index contributed by atoms with van der Waals surface area (Å²) in [6.45, 7) is 3.59. The third kappa shape index (κ3) is 4.65. The molecule has 0 saturated heterocycles. The van der Waals surface area contributed by atoms with E-state index in [1.807, 2.05) is 61.5 Å². The average Bonchev–Trinajstić information content (AvgIpc) is 2.54. The highest BCUT2D eigenvalue weighted by Gasteiger charge is 2.26. The molecule has 0 heterocycles. The van der Waals surface area contributed by atoms with Gasteiger partial charge in [-0.25, -0.2) is 0 Å². The van der Waals surface area contributed by atoms with E-state index in [0.717, 1.165) is 11.1 Å². The monoisotopic (exact) mass is 313 g/mol. The van der Waals surface area contributed by atoms with Crippen LogP contribution in [0.4, 0.5) is 5.69 Å². The van der Waals surface area contributed by atoms with Gasteiger partial charge in [-0.15, -0.1) is 0 Å². The minimum absolute atomic E-state index is 0.0128. The van der Waals surface area contributed by atoms with Crippen molar-refractivity contribution >= 4 is 11.6 Å². The highest BCUT2D eigenvalue weighted by atomic mass is 16.5. The van der Waals surface area contributed by atoms with Gasteiger partial charge in [0.15, 0.2) is 0 Å². The summed E-state index contributed by atoms with van der Waals surface area (Å²) < 4.78 is 5.28. The van der Waals surface area contributed by atoms with E-state index in [9.17, 15) is 9.90 Å². The number of benzene rings is 2. The molecule has 0 aliphatic rings. The van der Waals surface area contributed by atoms with Gasteiger partial charge in [-0.2, -0.15) is 0 Å². The van der Waals surface area contributed by atoms with Crippen molar-refractivity contribution in [2.24, 2.45) is 0 Å². The van der Waals surface area contributed by atoms with Crippen LogP contribution in [0.2, 0.25) is 0 Å². The maximum absolute atomic E-state index is 12.2. The normalized spacial score (nSPS) is 14.8. The van der Waals surface area contributed by atoms with E-state index in [-0.39, 0.29) is 18.4 Å². The van der Waals surface area contributed by atoms with Gasteiger partial charge < -0.3 is 15.2 Å². The SMILES string of the molecule is COC(C)c1cccc(NC(=O)CC(C)(O)c2ccccc2)c1. The molecular weight excluding hydrogens is 290 g/mol. The van der Waals surface area contributed by atoms with E-state index in [1.165, 1.54) is 0 Å². The van der Waals surface area contributed by atoms with Gasteiger partial charge in [-0.05, 0) is 37.1 Å². The second-order valence-electron chi connectivity index (χ2n) is 5.87. The van der Waals surface area contributed by atoms with E-state index in [0.29, 0.717) is 5.69 Å². The van der Waals surface area contributed by atoms with Gasteiger partial charge in [0, 0.05) is 12.8 Å². The Morgan fingerprint density at radius 3 is 2.57 bits per heavy atom. The van der Waals surface area contributed by atoms with Crippen LogP contribution in [0, 0.1) is 0 Å². The van der Waals surface area contributed by atoms with Gasteiger partial charge in [0.1, 0.15) is 0 Å². The number of hydrogen-bond donors (Lipinski definition) is 2. The Kier molecular flexibility index (Phi) is 5.53. The largest absolute Gasteiger partial charge is 0.385 e. The molecule has 0 aliphatic carbocycles. The zero-order valence-corrected chi connectivity index (χ0v) is 13.7. The van der Waals surface area contributed by atoms with E-state index >= 15 is 0 Å². The second-order valence-corrected chi connectivity index (χ2v) is 5.87. The standard InChI is InChI=1S/C19H23NO3/c1-14(23-3)15-8-7-11-17(12-15)20-18(21)13-19(2,22)16-9-5-4-6-10-16/h4-12,14,22H,13H2,1-3H3,(H,20,21). The summed E-state index contributed by atoms with van der Waals surface area (Å²) >= 11 is 0. The summed E-state index contributed by atoms with van der Waals surface area (Å²) in [5, 5.41) is 13.4. The first kappa shape index (κ1) is 17.2. The van der Waals surface area contributed by atoms with Crippen LogP contribution >= 0.6 is 0 Å². The van der Waals surface area contributed by atoms with Crippen molar-refractivity contribution in [3.05, 3.63) is 65.7 Å². The molecule has 0 aliphatic heterocycles. The van der Waals surface area contributed by atoms with Crippen molar-refractivity contribution in [2.45, 2.75) is 32.0 Å². The van der Waals surface area contributed by atoms with Gasteiger partial charge in [0.25, 0.3) is 0 Å². The highest BCUT2D eigenvalue weighted by Crippen LogP contribution is 2.25. The van der Waals surface area contributed by atoms with Crippen LogP contribution in [0.5, 0.6) is 0 Å². The maximum Gasteiger partial charge on any atom is 0.227 e. The fraction of sp³-hybridized carbons (Fsp3) is 0.316. The molecule has 4 nitrogen and oxygen atoms in total. The molecule has 2 N–H and O–H groups in total. The summed E-state index contributed by atoms with van der Waals surface area (Å²) in [6, 6.07) is 16.7. The van der Waals surface area contributed by atoms with Crippen molar-refractivity contribution in [3.63, 3.8) is 0 Å². The Morgan fingerprint density at radius 2 is 1.91 bits per heavy atom. The number of carbonyl (C=O) groups is 1. The van der Waals surface area contributed by atoms with E-state index in [2.05, 4.69) is 5.32 Å². The first-order valence-corrected chi connectivity index (χ1v) is 7.63. The number of anilines is 1. The fourth-order valence-corrected chi connectivity index (χ4v) is 2.42. The molecule has 0 bridgehead atoms. The van der Waals surface area contributed by atoms with Gasteiger partial charge in [0.2, 0.25) is 5.91 Å². The third-order valence-electron chi connectivity index (χ3n) is 3.89. The van der Waals surface area contributed by atoms with Crippen molar-refractivity contribution in [1.29, 1.82) is 0 Å². The van der Waals surface area contributed by atoms with E-state index in [1.54, 1.807) is 14.0 Å². The van der Waals surface area contributed by atoms with Crippen molar-refractivity contribution in [3.8, 4) is 0 Å². The van der Waals surface area contributed by atoms with E-state index in [4.69, 9.17) is 4.74 Å². The third-order valence-corrected chi connectivity index (χ3v) is 3.89. The summed E-state index contributed by atoms with van der Waals surface area (Å²) in [5.74, 6) is -0.235. The maximum atomic E-state index is 12.2. The first-order valence-electron chi connectivity index (χ1n) is 7.63.